The molecule has 0 saturated carbocycles. The highest BCUT2D eigenvalue weighted by atomic mass is 15.0. The second-order valence-corrected chi connectivity index (χ2v) is 6.90. The smallest absolute Gasteiger partial charge is 0.160 e. The van der Waals surface area contributed by atoms with Crippen molar-refractivity contribution in [2.45, 2.75) is 27.7 Å². The molecule has 128 valence electrons. The maximum Gasteiger partial charge on any atom is 0.214 e. The standard InChI is InChI=1S/C24H24N2/c1-17-19(3)23-13-7-9-15-25(23)21(17)11-5-6-12-22-18(2)20(4)24-14-8-10-16-26(22)24/h5-16H,1-4H3/q+2/b6-5+,21-11+,22-12+. The Morgan fingerprint density at radius 3 is 1.42 bits per heavy atom. The van der Waals surface area contributed by atoms with Crippen molar-refractivity contribution in [3.63, 3.8) is 0 Å². The van der Waals surface area contributed by atoms with E-state index in [-0.39, 0.29) is 0 Å². The van der Waals surface area contributed by atoms with Gasteiger partial charge in [0.2, 0.25) is 22.8 Å². The number of hydrogen-bond acceptors (Lipinski definition) is 0. The maximum atomic E-state index is 2.26. The molecule has 0 radical (unpaired) electrons. The molecule has 0 N–H and O–H groups in total. The fourth-order valence-corrected chi connectivity index (χ4v) is 3.75. The third-order valence-corrected chi connectivity index (χ3v) is 5.52. The summed E-state index contributed by atoms with van der Waals surface area (Å²) in [4.78, 5) is 0. The third kappa shape index (κ3) is 2.50. The van der Waals surface area contributed by atoms with Crippen molar-refractivity contribution in [1.82, 2.24) is 0 Å². The monoisotopic (exact) mass is 340 g/mol. The number of hydrogen-bond donors (Lipinski definition) is 0. The van der Waals surface area contributed by atoms with Crippen LogP contribution in [0.3, 0.4) is 0 Å². The molecule has 2 heteroatoms. The molecular formula is C24H24N2+2. The molecule has 0 saturated heterocycles. The Bertz CT molecular complexity index is 974. The van der Waals surface area contributed by atoms with Crippen molar-refractivity contribution in [2.24, 2.45) is 0 Å². The first-order chi connectivity index (χ1) is 12.6. The minimum atomic E-state index is 1.25. The predicted molar refractivity (Wildman–Crippen MR) is 107 cm³/mol. The fraction of sp³-hybridized carbons (Fsp3) is 0.167. The van der Waals surface area contributed by atoms with Crippen molar-refractivity contribution in [3.8, 4) is 0 Å². The highest BCUT2D eigenvalue weighted by Crippen LogP contribution is 2.29. The van der Waals surface area contributed by atoms with E-state index in [1.807, 2.05) is 0 Å². The van der Waals surface area contributed by atoms with Gasteiger partial charge >= 0.3 is 0 Å². The summed E-state index contributed by atoms with van der Waals surface area (Å²) in [6, 6.07) is 12.7. The lowest BCUT2D eigenvalue weighted by molar-refractivity contribution is -0.578. The van der Waals surface area contributed by atoms with Crippen LogP contribution >= 0.6 is 0 Å². The Kier molecular flexibility index (Phi) is 4.04. The lowest BCUT2D eigenvalue weighted by Gasteiger charge is -1.95. The van der Waals surface area contributed by atoms with Crippen LogP contribution in [0.4, 0.5) is 0 Å². The summed E-state index contributed by atoms with van der Waals surface area (Å²) in [7, 11) is 0. The number of pyridine rings is 2. The van der Waals surface area contributed by atoms with Crippen LogP contribution in [0, 0.1) is 0 Å². The summed E-state index contributed by atoms with van der Waals surface area (Å²) in [6.07, 6.45) is 12.9. The Morgan fingerprint density at radius 2 is 1.00 bits per heavy atom. The molecule has 4 heterocycles. The molecule has 2 aliphatic rings. The second kappa shape index (κ2) is 6.38. The first kappa shape index (κ1) is 16.5. The van der Waals surface area contributed by atoms with Gasteiger partial charge in [0.15, 0.2) is 12.4 Å². The van der Waals surface area contributed by atoms with E-state index >= 15 is 0 Å². The summed E-state index contributed by atoms with van der Waals surface area (Å²) >= 11 is 0. The molecule has 0 bridgehead atoms. The topological polar surface area (TPSA) is 7.76 Å². The van der Waals surface area contributed by atoms with Gasteiger partial charge in [-0.2, -0.15) is 9.13 Å². The minimum Gasteiger partial charge on any atom is -0.160 e. The number of fused-ring (bicyclic) bond motifs is 2. The van der Waals surface area contributed by atoms with Gasteiger partial charge in [-0.25, -0.2) is 0 Å². The Balaban J connectivity index is 1.67. The van der Waals surface area contributed by atoms with Crippen LogP contribution in [0.2, 0.25) is 0 Å². The molecule has 2 aromatic heterocycles. The average Bonchev–Trinajstić information content (AvgIpc) is 3.06. The molecule has 0 fully saturated rings. The Labute approximate surface area is 155 Å². The molecule has 26 heavy (non-hydrogen) atoms. The first-order valence-corrected chi connectivity index (χ1v) is 9.07. The summed E-state index contributed by atoms with van der Waals surface area (Å²) in [5.41, 5.74) is 10.4. The summed E-state index contributed by atoms with van der Waals surface area (Å²) in [5, 5.41) is 0. The summed E-state index contributed by atoms with van der Waals surface area (Å²) in [6.45, 7) is 8.77. The Hall–Kier alpha value is -3.00. The SMILES string of the molecule is CC1=C(C)c2cccc[n+]2/C1=C/C=C/C=C1\C(C)=C(C)c2cccc[n+]21. The molecule has 0 aliphatic carbocycles. The molecular weight excluding hydrogens is 316 g/mol. The summed E-state index contributed by atoms with van der Waals surface area (Å²) < 4.78 is 4.52. The quantitative estimate of drug-likeness (QED) is 0.693. The Morgan fingerprint density at radius 1 is 0.577 bits per heavy atom. The van der Waals surface area contributed by atoms with E-state index < -0.39 is 0 Å². The van der Waals surface area contributed by atoms with E-state index in [9.17, 15) is 0 Å². The zero-order valence-electron chi connectivity index (χ0n) is 15.8. The van der Waals surface area contributed by atoms with Gasteiger partial charge in [-0.05, 0) is 39.8 Å². The molecule has 0 unspecified atom stereocenters. The van der Waals surface area contributed by atoms with Gasteiger partial charge in [0.1, 0.15) is 0 Å². The number of aromatic nitrogens is 2. The molecule has 0 amide bonds. The van der Waals surface area contributed by atoms with Crippen molar-refractivity contribution in [3.05, 3.63) is 95.6 Å². The molecule has 0 spiro atoms. The molecule has 4 rings (SSSR count). The van der Waals surface area contributed by atoms with E-state index in [1.165, 1.54) is 45.1 Å². The molecule has 2 nitrogen and oxygen atoms in total. The van der Waals surface area contributed by atoms with Gasteiger partial charge in [-0.1, -0.05) is 12.2 Å². The third-order valence-electron chi connectivity index (χ3n) is 5.52. The number of allylic oxidation sites excluding steroid dienone is 10. The van der Waals surface area contributed by atoms with Crippen LogP contribution in [-0.2, 0) is 0 Å². The van der Waals surface area contributed by atoms with Crippen LogP contribution in [0.1, 0.15) is 39.1 Å². The minimum absolute atomic E-state index is 1.25. The zero-order chi connectivity index (χ0) is 18.3. The van der Waals surface area contributed by atoms with Crippen LogP contribution in [0.15, 0.2) is 84.2 Å². The van der Waals surface area contributed by atoms with Crippen molar-refractivity contribution < 1.29 is 9.13 Å². The number of nitrogens with zero attached hydrogens (tertiary/aromatic N) is 2. The predicted octanol–water partition coefficient (Wildman–Crippen LogP) is 4.81. The van der Waals surface area contributed by atoms with Gasteiger partial charge in [-0.3, -0.25) is 0 Å². The van der Waals surface area contributed by atoms with E-state index in [0.29, 0.717) is 0 Å². The lowest BCUT2D eigenvalue weighted by atomic mass is 10.1. The lowest BCUT2D eigenvalue weighted by Crippen LogP contribution is -2.32. The van der Waals surface area contributed by atoms with Crippen LogP contribution < -0.4 is 9.13 Å². The average molecular weight is 340 g/mol. The fourth-order valence-electron chi connectivity index (χ4n) is 3.75. The largest absolute Gasteiger partial charge is 0.214 e. The van der Waals surface area contributed by atoms with Gasteiger partial charge < -0.3 is 0 Å². The van der Waals surface area contributed by atoms with Crippen molar-refractivity contribution >= 4 is 22.5 Å². The van der Waals surface area contributed by atoms with Gasteiger partial charge in [0.25, 0.3) is 0 Å². The molecule has 2 aliphatic heterocycles. The summed E-state index contributed by atoms with van der Waals surface area (Å²) in [5.74, 6) is 0. The van der Waals surface area contributed by atoms with E-state index in [0.717, 1.165) is 0 Å². The highest BCUT2D eigenvalue weighted by Gasteiger charge is 2.29. The zero-order valence-corrected chi connectivity index (χ0v) is 15.8. The van der Waals surface area contributed by atoms with Gasteiger partial charge in [0.05, 0.1) is 0 Å². The second-order valence-electron chi connectivity index (χ2n) is 6.90. The molecule has 0 atom stereocenters. The van der Waals surface area contributed by atoms with E-state index in [4.69, 9.17) is 0 Å². The number of rotatable bonds is 2. The van der Waals surface area contributed by atoms with Crippen molar-refractivity contribution in [1.29, 1.82) is 0 Å². The van der Waals surface area contributed by atoms with E-state index in [2.05, 4.69) is 110 Å². The maximum absolute atomic E-state index is 2.26. The van der Waals surface area contributed by atoms with Crippen LogP contribution in [0.25, 0.3) is 22.5 Å². The van der Waals surface area contributed by atoms with Crippen molar-refractivity contribution in [2.75, 3.05) is 0 Å². The molecule has 0 aromatic carbocycles. The van der Waals surface area contributed by atoms with Crippen LogP contribution in [0.5, 0.6) is 0 Å². The van der Waals surface area contributed by atoms with Crippen LogP contribution in [-0.4, -0.2) is 0 Å². The normalized spacial score (nSPS) is 19.2. The van der Waals surface area contributed by atoms with Gasteiger partial charge in [-0.15, -0.1) is 0 Å². The molecule has 2 aromatic rings. The van der Waals surface area contributed by atoms with E-state index in [1.54, 1.807) is 0 Å². The van der Waals surface area contributed by atoms with Gasteiger partial charge in [0, 0.05) is 58.7 Å². The first-order valence-electron chi connectivity index (χ1n) is 9.07. The highest BCUT2D eigenvalue weighted by molar-refractivity contribution is 5.81.